The van der Waals surface area contributed by atoms with Crippen LogP contribution in [0.2, 0.25) is 0 Å². The van der Waals surface area contributed by atoms with Gasteiger partial charge < -0.3 is 19.7 Å². The maximum Gasteiger partial charge on any atom is 0.342 e. The second kappa shape index (κ2) is 7.91. The van der Waals surface area contributed by atoms with Crippen LogP contribution < -0.4 is 0 Å². The van der Waals surface area contributed by atoms with E-state index < -0.39 is 5.97 Å². The molecule has 3 atom stereocenters. The van der Waals surface area contributed by atoms with E-state index in [-0.39, 0.29) is 53.1 Å². The van der Waals surface area contributed by atoms with Gasteiger partial charge in [0.25, 0.3) is 0 Å². The zero-order chi connectivity index (χ0) is 18.7. The Kier molecular flexibility index (Phi) is 5.61. The summed E-state index contributed by atoms with van der Waals surface area (Å²) in [6.45, 7) is 2.01. The van der Waals surface area contributed by atoms with Crippen molar-refractivity contribution in [2.45, 2.75) is 63.8 Å². The van der Waals surface area contributed by atoms with Gasteiger partial charge in [-0.1, -0.05) is 19.4 Å². The lowest BCUT2D eigenvalue weighted by Crippen LogP contribution is -2.22. The van der Waals surface area contributed by atoms with Gasteiger partial charge >= 0.3 is 5.97 Å². The van der Waals surface area contributed by atoms with Crippen molar-refractivity contribution in [3.8, 4) is 11.5 Å². The Morgan fingerprint density at radius 3 is 2.77 bits per heavy atom. The molecule has 2 N–H and O–H groups in total. The quantitative estimate of drug-likeness (QED) is 0.622. The normalized spacial score (nSPS) is 27.7. The smallest absolute Gasteiger partial charge is 0.342 e. The van der Waals surface area contributed by atoms with E-state index in [1.54, 1.807) is 6.08 Å². The Morgan fingerprint density at radius 1 is 1.19 bits per heavy atom. The largest absolute Gasteiger partial charge is 0.508 e. The summed E-state index contributed by atoms with van der Waals surface area (Å²) in [6.07, 6.45) is 6.84. The number of allylic oxidation sites excluding steroid dienone is 2. The Morgan fingerprint density at radius 2 is 2.00 bits per heavy atom. The second-order valence-electron chi connectivity index (χ2n) is 6.89. The number of cyclic esters (lactones) is 1. The monoisotopic (exact) mass is 360 g/mol. The molecule has 6 nitrogen and oxygen atoms in total. The zero-order valence-electron chi connectivity index (χ0n) is 14.8. The lowest BCUT2D eigenvalue weighted by molar-refractivity contribution is -0.114. The van der Waals surface area contributed by atoms with Crippen molar-refractivity contribution in [2.75, 3.05) is 0 Å². The van der Waals surface area contributed by atoms with Gasteiger partial charge in [-0.25, -0.2) is 4.79 Å². The van der Waals surface area contributed by atoms with Crippen molar-refractivity contribution in [3.63, 3.8) is 0 Å². The van der Waals surface area contributed by atoms with Crippen LogP contribution in [-0.2, 0) is 20.7 Å². The van der Waals surface area contributed by atoms with Crippen LogP contribution in [-0.4, -0.2) is 40.3 Å². The van der Waals surface area contributed by atoms with E-state index in [2.05, 4.69) is 0 Å². The molecule has 0 aliphatic carbocycles. The summed E-state index contributed by atoms with van der Waals surface area (Å²) in [5, 5.41) is 19.9. The maximum absolute atomic E-state index is 12.7. The van der Waals surface area contributed by atoms with Crippen molar-refractivity contribution >= 4 is 11.8 Å². The highest BCUT2D eigenvalue weighted by Gasteiger charge is 2.40. The fraction of sp³-hybridized carbons (Fsp3) is 0.500. The van der Waals surface area contributed by atoms with Gasteiger partial charge in [-0.2, -0.15) is 0 Å². The number of rotatable bonds is 2. The molecule has 2 aliphatic heterocycles. The van der Waals surface area contributed by atoms with E-state index in [1.807, 2.05) is 6.92 Å². The summed E-state index contributed by atoms with van der Waals surface area (Å²) in [7, 11) is 0. The number of carbonyl (C=O) groups excluding carboxylic acids is 2. The van der Waals surface area contributed by atoms with Crippen LogP contribution >= 0.6 is 0 Å². The van der Waals surface area contributed by atoms with E-state index in [1.165, 1.54) is 12.1 Å². The van der Waals surface area contributed by atoms with Gasteiger partial charge in [0.1, 0.15) is 23.2 Å². The van der Waals surface area contributed by atoms with E-state index >= 15 is 0 Å². The third-order valence-electron chi connectivity index (χ3n) is 4.74. The van der Waals surface area contributed by atoms with Gasteiger partial charge in [0.2, 0.25) is 0 Å². The minimum atomic E-state index is -0.679. The summed E-state index contributed by atoms with van der Waals surface area (Å²) in [5.74, 6) is -1.47. The van der Waals surface area contributed by atoms with Crippen molar-refractivity contribution < 1.29 is 29.3 Å². The highest BCUT2D eigenvalue weighted by molar-refractivity contribution is 5.98. The first-order valence-corrected chi connectivity index (χ1v) is 9.08. The van der Waals surface area contributed by atoms with Gasteiger partial charge in [0.15, 0.2) is 5.78 Å². The predicted octanol–water partition coefficient (Wildman–Crippen LogP) is 3.04. The minimum Gasteiger partial charge on any atom is -0.508 e. The number of phenolic OH excluding ortho intramolecular Hbond substituents is 2. The van der Waals surface area contributed by atoms with Crippen LogP contribution in [0.5, 0.6) is 11.5 Å². The van der Waals surface area contributed by atoms with E-state index in [4.69, 9.17) is 9.47 Å². The molecule has 0 radical (unpaired) electrons. The Bertz CT molecular complexity index is 723. The van der Waals surface area contributed by atoms with E-state index in [0.717, 1.165) is 25.3 Å². The van der Waals surface area contributed by atoms with Crippen LogP contribution in [0, 0.1) is 0 Å². The average Bonchev–Trinajstić information content (AvgIpc) is 3.28. The molecular weight excluding hydrogens is 336 g/mol. The number of aromatic hydroxyl groups is 2. The number of epoxide rings is 1. The number of ketones is 1. The highest BCUT2D eigenvalue weighted by Crippen LogP contribution is 2.34. The Balaban J connectivity index is 1.92. The molecule has 0 unspecified atom stereocenters. The third-order valence-corrected chi connectivity index (χ3v) is 4.74. The molecule has 2 heterocycles. The summed E-state index contributed by atoms with van der Waals surface area (Å²) in [6, 6.07) is 2.40. The number of hydrogen-bond donors (Lipinski definition) is 2. The topological polar surface area (TPSA) is 96.4 Å². The molecule has 3 rings (SSSR count). The number of benzene rings is 1. The summed E-state index contributed by atoms with van der Waals surface area (Å²) in [5.41, 5.74) is 0.200. The van der Waals surface area contributed by atoms with Crippen molar-refractivity contribution in [1.29, 1.82) is 0 Å². The first-order valence-electron chi connectivity index (χ1n) is 9.08. The fourth-order valence-corrected chi connectivity index (χ4v) is 3.42. The van der Waals surface area contributed by atoms with Crippen LogP contribution in [0.4, 0.5) is 0 Å². The molecule has 0 saturated carbocycles. The van der Waals surface area contributed by atoms with Gasteiger partial charge in [0.05, 0.1) is 12.2 Å². The summed E-state index contributed by atoms with van der Waals surface area (Å²) >= 11 is 0. The number of hydrogen-bond acceptors (Lipinski definition) is 6. The van der Waals surface area contributed by atoms with Crippen LogP contribution in [0.1, 0.15) is 54.9 Å². The average molecular weight is 360 g/mol. The van der Waals surface area contributed by atoms with Crippen molar-refractivity contribution in [2.24, 2.45) is 0 Å². The maximum atomic E-state index is 12.7. The Hall–Kier alpha value is -2.34. The van der Waals surface area contributed by atoms with Gasteiger partial charge in [-0.15, -0.1) is 0 Å². The molecule has 26 heavy (non-hydrogen) atoms. The molecule has 6 heteroatoms. The second-order valence-corrected chi connectivity index (χ2v) is 6.89. The number of esters is 1. The lowest BCUT2D eigenvalue weighted by atomic mass is 9.99. The number of ether oxygens (including phenoxy) is 2. The molecule has 0 amide bonds. The van der Waals surface area contributed by atoms with Crippen LogP contribution in [0.3, 0.4) is 0 Å². The molecule has 1 fully saturated rings. The lowest BCUT2D eigenvalue weighted by Gasteiger charge is -2.18. The molecule has 2 aliphatic rings. The van der Waals surface area contributed by atoms with Crippen LogP contribution in [0.25, 0.3) is 0 Å². The van der Waals surface area contributed by atoms with Crippen molar-refractivity contribution in [1.82, 2.24) is 0 Å². The third kappa shape index (κ3) is 4.43. The van der Waals surface area contributed by atoms with E-state index in [9.17, 15) is 19.8 Å². The minimum absolute atomic E-state index is 0.0593. The molecule has 0 aromatic heterocycles. The number of carbonyl (C=O) groups is 2. The van der Waals surface area contributed by atoms with Crippen molar-refractivity contribution in [3.05, 3.63) is 35.4 Å². The molecular formula is C20H24O6. The van der Waals surface area contributed by atoms with Gasteiger partial charge in [0, 0.05) is 18.9 Å². The summed E-state index contributed by atoms with van der Waals surface area (Å²) in [4.78, 5) is 24.9. The Labute approximate surface area is 152 Å². The molecule has 0 bridgehead atoms. The number of fused-ring (bicyclic) bond motifs is 2. The highest BCUT2D eigenvalue weighted by atomic mass is 16.6. The fourth-order valence-electron chi connectivity index (χ4n) is 3.42. The first kappa shape index (κ1) is 18.5. The molecule has 1 aromatic rings. The predicted molar refractivity (Wildman–Crippen MR) is 94.2 cm³/mol. The van der Waals surface area contributed by atoms with Gasteiger partial charge in [-0.05, 0) is 37.0 Å². The molecule has 0 spiro atoms. The SMILES string of the molecule is CCC[C@@H]1C[C@H]2O[C@H]2CC/C=C/C(=O)Cc2cc(O)cc(O)c2C(=O)O1. The summed E-state index contributed by atoms with van der Waals surface area (Å²) < 4.78 is 11.3. The first-order chi connectivity index (χ1) is 12.5. The molecule has 140 valence electrons. The van der Waals surface area contributed by atoms with E-state index in [0.29, 0.717) is 12.8 Å². The van der Waals surface area contributed by atoms with Crippen LogP contribution in [0.15, 0.2) is 24.3 Å². The number of phenols is 2. The molecule has 1 saturated heterocycles. The van der Waals surface area contributed by atoms with Gasteiger partial charge in [-0.3, -0.25) is 4.79 Å². The molecule has 1 aromatic carbocycles. The standard InChI is InChI=1S/C20H24O6/c1-2-5-15-11-18-17(26-18)7-4-3-6-13(21)8-12-9-14(22)10-16(23)19(12)20(24)25-15/h3,6,9-10,15,17-18,22-23H,2,4-5,7-8,11H2,1H3/b6-3+/t15-,17+,18-/m1/s1. The zero-order valence-corrected chi connectivity index (χ0v) is 14.8.